The minimum Gasteiger partial charge on any atom is -0.494 e. The lowest BCUT2D eigenvalue weighted by molar-refractivity contribution is 0.0600. The van der Waals surface area contributed by atoms with Crippen molar-refractivity contribution in [1.82, 2.24) is 10.2 Å². The first-order valence-electron chi connectivity index (χ1n) is 10.4. The Kier molecular flexibility index (Phi) is 8.02. The van der Waals surface area contributed by atoms with Crippen LogP contribution in [-0.2, 0) is 4.74 Å². The summed E-state index contributed by atoms with van der Waals surface area (Å²) in [5, 5.41) is 5.91. The van der Waals surface area contributed by atoms with Crippen molar-refractivity contribution < 1.29 is 19.1 Å². The first-order valence-corrected chi connectivity index (χ1v) is 10.8. The molecule has 0 unspecified atom stereocenters. The van der Waals surface area contributed by atoms with E-state index >= 15 is 0 Å². The number of nitrogens with one attached hydrogen (secondary N) is 2. The summed E-state index contributed by atoms with van der Waals surface area (Å²) in [6, 6.07) is 12.2. The third kappa shape index (κ3) is 5.95. The van der Waals surface area contributed by atoms with Gasteiger partial charge in [0.2, 0.25) is 0 Å². The Morgan fingerprint density at radius 3 is 2.50 bits per heavy atom. The van der Waals surface area contributed by atoms with Crippen LogP contribution < -0.4 is 20.3 Å². The van der Waals surface area contributed by atoms with Crippen molar-refractivity contribution in [2.24, 2.45) is 0 Å². The second-order valence-corrected chi connectivity index (χ2v) is 7.79. The lowest BCUT2D eigenvalue weighted by Gasteiger charge is -2.35. The number of rotatable bonds is 6. The molecule has 8 nitrogen and oxygen atoms in total. The van der Waals surface area contributed by atoms with Gasteiger partial charge in [0.15, 0.2) is 5.11 Å². The number of piperazine rings is 1. The highest BCUT2D eigenvalue weighted by molar-refractivity contribution is 7.80. The molecule has 1 fully saturated rings. The van der Waals surface area contributed by atoms with Crippen molar-refractivity contribution in [3.63, 3.8) is 0 Å². The number of thiocarbonyl (C=S) groups is 1. The zero-order chi connectivity index (χ0) is 23.1. The van der Waals surface area contributed by atoms with Gasteiger partial charge in [-0.05, 0) is 62.6 Å². The predicted octanol–water partition coefficient (Wildman–Crippen LogP) is 2.75. The molecule has 0 aliphatic carbocycles. The largest absolute Gasteiger partial charge is 0.494 e. The molecule has 0 bridgehead atoms. The van der Waals surface area contributed by atoms with Crippen molar-refractivity contribution in [1.29, 1.82) is 0 Å². The minimum absolute atomic E-state index is 0.134. The third-order valence-electron chi connectivity index (χ3n) is 5.14. The maximum atomic E-state index is 12.7. The number of hydrogen-bond donors (Lipinski definition) is 2. The number of likely N-dealkylation sites (N-methyl/N-ethyl adjacent to an activating group) is 1. The number of anilines is 2. The lowest BCUT2D eigenvalue weighted by atomic mass is 10.1. The standard InChI is InChI=1S/C23H28N4O4S/c1-4-31-18-7-5-6-16(14-18)21(28)25-23(32)24-19-15-17(22(29)30-3)8-9-20(19)27-12-10-26(2)11-13-27/h5-9,14-15H,4,10-13H2,1-3H3,(H2,24,25,28,32). The highest BCUT2D eigenvalue weighted by atomic mass is 32.1. The van der Waals surface area contributed by atoms with Crippen LogP contribution in [0.25, 0.3) is 0 Å². The number of methoxy groups -OCH3 is 1. The fraction of sp³-hybridized carbons (Fsp3) is 0.348. The van der Waals surface area contributed by atoms with Crippen LogP contribution in [-0.4, -0.2) is 68.8 Å². The second kappa shape index (κ2) is 10.9. The first kappa shape index (κ1) is 23.5. The van der Waals surface area contributed by atoms with E-state index in [0.29, 0.717) is 29.2 Å². The Balaban J connectivity index is 1.77. The van der Waals surface area contributed by atoms with E-state index < -0.39 is 5.97 Å². The van der Waals surface area contributed by atoms with Gasteiger partial charge in [-0.2, -0.15) is 0 Å². The molecule has 0 radical (unpaired) electrons. The van der Waals surface area contributed by atoms with Crippen LogP contribution in [0.2, 0.25) is 0 Å². The molecule has 0 spiro atoms. The van der Waals surface area contributed by atoms with E-state index in [4.69, 9.17) is 21.7 Å². The number of hydrogen-bond acceptors (Lipinski definition) is 7. The van der Waals surface area contributed by atoms with E-state index in [1.54, 1.807) is 36.4 Å². The number of ether oxygens (including phenoxy) is 2. The van der Waals surface area contributed by atoms with Crippen LogP contribution in [0, 0.1) is 0 Å². The zero-order valence-electron chi connectivity index (χ0n) is 18.5. The maximum absolute atomic E-state index is 12.7. The van der Waals surface area contributed by atoms with Gasteiger partial charge in [-0.1, -0.05) is 6.07 Å². The van der Waals surface area contributed by atoms with E-state index in [-0.39, 0.29) is 11.0 Å². The van der Waals surface area contributed by atoms with Gasteiger partial charge in [-0.3, -0.25) is 10.1 Å². The molecule has 1 heterocycles. The van der Waals surface area contributed by atoms with Gasteiger partial charge >= 0.3 is 5.97 Å². The molecule has 1 saturated heterocycles. The average molecular weight is 457 g/mol. The molecule has 0 aromatic heterocycles. The van der Waals surface area contributed by atoms with Gasteiger partial charge in [0.05, 0.1) is 30.7 Å². The van der Waals surface area contributed by atoms with Crippen molar-refractivity contribution >= 4 is 40.6 Å². The maximum Gasteiger partial charge on any atom is 0.337 e. The molecule has 170 valence electrons. The SMILES string of the molecule is CCOc1cccc(C(=O)NC(=S)Nc2cc(C(=O)OC)ccc2N2CCN(C)CC2)c1. The Hall–Kier alpha value is -3.17. The fourth-order valence-corrected chi connectivity index (χ4v) is 3.63. The molecule has 0 atom stereocenters. The van der Waals surface area contributed by atoms with Crippen LogP contribution in [0.15, 0.2) is 42.5 Å². The van der Waals surface area contributed by atoms with Crippen LogP contribution in [0.4, 0.5) is 11.4 Å². The smallest absolute Gasteiger partial charge is 0.337 e. The van der Waals surface area contributed by atoms with Gasteiger partial charge in [0.1, 0.15) is 5.75 Å². The zero-order valence-corrected chi connectivity index (χ0v) is 19.3. The van der Waals surface area contributed by atoms with Crippen molar-refractivity contribution in [2.75, 3.05) is 57.2 Å². The Bertz CT molecular complexity index is 990. The monoisotopic (exact) mass is 456 g/mol. The topological polar surface area (TPSA) is 83.1 Å². The molecule has 1 aliphatic rings. The number of amides is 1. The first-order chi connectivity index (χ1) is 15.4. The van der Waals surface area contributed by atoms with E-state index in [9.17, 15) is 9.59 Å². The normalized spacial score (nSPS) is 13.9. The van der Waals surface area contributed by atoms with Gasteiger partial charge in [-0.25, -0.2) is 4.79 Å². The number of nitrogens with zero attached hydrogens (tertiary/aromatic N) is 2. The summed E-state index contributed by atoms with van der Waals surface area (Å²) in [6.45, 7) is 5.92. The van der Waals surface area contributed by atoms with Gasteiger partial charge in [0.25, 0.3) is 5.91 Å². The second-order valence-electron chi connectivity index (χ2n) is 7.38. The molecule has 2 aromatic carbocycles. The third-order valence-corrected chi connectivity index (χ3v) is 5.35. The molecule has 1 amide bonds. The highest BCUT2D eigenvalue weighted by Crippen LogP contribution is 2.28. The molecule has 3 rings (SSSR count). The molecule has 9 heteroatoms. The van der Waals surface area contributed by atoms with Crippen LogP contribution >= 0.6 is 12.2 Å². The number of carbonyl (C=O) groups excluding carboxylic acids is 2. The minimum atomic E-state index is -0.444. The van der Waals surface area contributed by atoms with Crippen LogP contribution in [0.1, 0.15) is 27.6 Å². The summed E-state index contributed by atoms with van der Waals surface area (Å²) < 4.78 is 10.3. The molecule has 2 aromatic rings. The molecule has 0 saturated carbocycles. The summed E-state index contributed by atoms with van der Waals surface area (Å²) in [7, 11) is 3.42. The molecule has 32 heavy (non-hydrogen) atoms. The van der Waals surface area contributed by atoms with Crippen molar-refractivity contribution in [2.45, 2.75) is 6.92 Å². The Morgan fingerprint density at radius 1 is 1.06 bits per heavy atom. The Morgan fingerprint density at radius 2 is 1.81 bits per heavy atom. The predicted molar refractivity (Wildman–Crippen MR) is 129 cm³/mol. The molecular formula is C23H28N4O4S. The molecule has 2 N–H and O–H groups in total. The number of carbonyl (C=O) groups is 2. The van der Waals surface area contributed by atoms with Crippen molar-refractivity contribution in [3.05, 3.63) is 53.6 Å². The van der Waals surface area contributed by atoms with Gasteiger partial charge in [-0.15, -0.1) is 0 Å². The summed E-state index contributed by atoms with van der Waals surface area (Å²) in [6.07, 6.45) is 0. The van der Waals surface area contributed by atoms with Gasteiger partial charge < -0.3 is 24.6 Å². The quantitative estimate of drug-likeness (QED) is 0.507. The summed E-state index contributed by atoms with van der Waals surface area (Å²) >= 11 is 5.40. The van der Waals surface area contributed by atoms with E-state index in [0.717, 1.165) is 31.9 Å². The van der Waals surface area contributed by atoms with E-state index in [1.165, 1.54) is 7.11 Å². The lowest BCUT2D eigenvalue weighted by Crippen LogP contribution is -2.45. The molecular weight excluding hydrogens is 428 g/mol. The van der Waals surface area contributed by atoms with Gasteiger partial charge in [0, 0.05) is 31.7 Å². The fourth-order valence-electron chi connectivity index (χ4n) is 3.43. The Labute approximate surface area is 193 Å². The summed E-state index contributed by atoms with van der Waals surface area (Å²) in [4.78, 5) is 29.2. The van der Waals surface area contributed by atoms with Crippen LogP contribution in [0.3, 0.4) is 0 Å². The summed E-state index contributed by atoms with van der Waals surface area (Å²) in [5.74, 6) is -0.183. The van der Waals surface area contributed by atoms with Crippen molar-refractivity contribution in [3.8, 4) is 5.75 Å². The summed E-state index contributed by atoms with van der Waals surface area (Å²) in [5.41, 5.74) is 2.36. The highest BCUT2D eigenvalue weighted by Gasteiger charge is 2.20. The molecule has 1 aliphatic heterocycles. The van der Waals surface area contributed by atoms with E-state index in [2.05, 4.69) is 27.5 Å². The number of esters is 1. The van der Waals surface area contributed by atoms with Crippen LogP contribution in [0.5, 0.6) is 5.75 Å². The average Bonchev–Trinajstić information content (AvgIpc) is 2.79. The number of benzene rings is 2. The van der Waals surface area contributed by atoms with E-state index in [1.807, 2.05) is 13.0 Å².